The van der Waals surface area contributed by atoms with E-state index in [0.29, 0.717) is 23.8 Å². The second-order valence-corrected chi connectivity index (χ2v) is 6.01. The molecule has 0 unspecified atom stereocenters. The van der Waals surface area contributed by atoms with Gasteiger partial charge in [-0.25, -0.2) is 14.8 Å². The number of hydrogen-bond acceptors (Lipinski definition) is 6. The Morgan fingerprint density at radius 3 is 2.54 bits per heavy atom. The zero-order chi connectivity index (χ0) is 19.9. The molecule has 0 bridgehead atoms. The van der Waals surface area contributed by atoms with Crippen LogP contribution in [0.4, 0.5) is 17.3 Å². The van der Waals surface area contributed by atoms with Crippen molar-refractivity contribution in [2.75, 3.05) is 17.2 Å². The lowest BCUT2D eigenvalue weighted by Crippen LogP contribution is -2.15. The molecule has 1 aromatic heterocycles. The van der Waals surface area contributed by atoms with Gasteiger partial charge in [-0.2, -0.15) is 0 Å². The molecule has 7 heteroatoms. The maximum absolute atomic E-state index is 12.5. The first-order valence-electron chi connectivity index (χ1n) is 8.80. The number of aryl methyl sites for hydroxylation is 1. The molecule has 0 saturated carbocycles. The number of carbonyl (C=O) groups excluding carboxylic acids is 2. The summed E-state index contributed by atoms with van der Waals surface area (Å²) in [6.45, 7) is 4.04. The normalized spacial score (nSPS) is 10.2. The van der Waals surface area contributed by atoms with Crippen molar-refractivity contribution in [1.82, 2.24) is 9.97 Å². The number of amides is 1. The van der Waals surface area contributed by atoms with Gasteiger partial charge in [0, 0.05) is 17.6 Å². The fraction of sp³-hybridized carbons (Fsp3) is 0.143. The Labute approximate surface area is 162 Å². The molecule has 142 valence electrons. The molecule has 0 spiro atoms. The minimum absolute atomic E-state index is 0.222. The van der Waals surface area contributed by atoms with Crippen LogP contribution in [0.3, 0.4) is 0 Å². The molecular formula is C21H20N4O3. The smallest absolute Gasteiger partial charge is 0.338 e. The van der Waals surface area contributed by atoms with Crippen molar-refractivity contribution in [3.63, 3.8) is 0 Å². The number of ether oxygens (including phenoxy) is 1. The Morgan fingerprint density at radius 1 is 1.04 bits per heavy atom. The summed E-state index contributed by atoms with van der Waals surface area (Å²) in [6.07, 6.45) is 1.52. The second kappa shape index (κ2) is 8.77. The monoisotopic (exact) mass is 376 g/mol. The average Bonchev–Trinajstić information content (AvgIpc) is 2.69. The fourth-order valence-electron chi connectivity index (χ4n) is 2.50. The largest absolute Gasteiger partial charge is 0.462 e. The maximum atomic E-state index is 12.5. The molecule has 0 fully saturated rings. The first kappa shape index (κ1) is 19.0. The van der Waals surface area contributed by atoms with Crippen LogP contribution in [0.2, 0.25) is 0 Å². The predicted molar refractivity (Wildman–Crippen MR) is 107 cm³/mol. The molecule has 3 aromatic rings. The summed E-state index contributed by atoms with van der Waals surface area (Å²) in [7, 11) is 0. The summed E-state index contributed by atoms with van der Waals surface area (Å²) in [6, 6.07) is 15.8. The number of rotatable bonds is 6. The third-order valence-corrected chi connectivity index (χ3v) is 3.82. The van der Waals surface area contributed by atoms with Crippen LogP contribution in [0.25, 0.3) is 0 Å². The van der Waals surface area contributed by atoms with Gasteiger partial charge < -0.3 is 15.4 Å². The van der Waals surface area contributed by atoms with Crippen LogP contribution in [0.1, 0.15) is 33.3 Å². The van der Waals surface area contributed by atoms with Crippen molar-refractivity contribution in [1.29, 1.82) is 0 Å². The number of carbonyl (C=O) groups is 2. The highest BCUT2D eigenvalue weighted by atomic mass is 16.5. The first-order valence-corrected chi connectivity index (χ1v) is 8.80. The molecule has 0 atom stereocenters. The van der Waals surface area contributed by atoms with Gasteiger partial charge in [-0.05, 0) is 61.9 Å². The Hall–Kier alpha value is -3.74. The van der Waals surface area contributed by atoms with Gasteiger partial charge in [-0.3, -0.25) is 4.79 Å². The zero-order valence-corrected chi connectivity index (χ0v) is 15.6. The molecule has 0 aliphatic rings. The summed E-state index contributed by atoms with van der Waals surface area (Å²) in [4.78, 5) is 32.6. The van der Waals surface area contributed by atoms with Gasteiger partial charge in [0.2, 0.25) is 5.95 Å². The maximum Gasteiger partial charge on any atom is 0.338 e. The molecule has 2 aromatic carbocycles. The number of esters is 1. The van der Waals surface area contributed by atoms with Crippen molar-refractivity contribution in [3.05, 3.63) is 77.6 Å². The molecule has 1 amide bonds. The number of benzene rings is 2. The quantitative estimate of drug-likeness (QED) is 0.633. The summed E-state index contributed by atoms with van der Waals surface area (Å²) >= 11 is 0. The molecular weight excluding hydrogens is 356 g/mol. The van der Waals surface area contributed by atoms with Gasteiger partial charge in [0.15, 0.2) is 0 Å². The Kier molecular flexibility index (Phi) is 5.96. The van der Waals surface area contributed by atoms with E-state index >= 15 is 0 Å². The van der Waals surface area contributed by atoms with E-state index in [-0.39, 0.29) is 11.6 Å². The van der Waals surface area contributed by atoms with Crippen LogP contribution in [-0.2, 0) is 4.74 Å². The van der Waals surface area contributed by atoms with Gasteiger partial charge >= 0.3 is 5.97 Å². The van der Waals surface area contributed by atoms with Gasteiger partial charge in [0.1, 0.15) is 5.69 Å². The molecule has 7 nitrogen and oxygen atoms in total. The second-order valence-electron chi connectivity index (χ2n) is 6.01. The fourth-order valence-corrected chi connectivity index (χ4v) is 2.50. The van der Waals surface area contributed by atoms with E-state index in [1.165, 1.54) is 12.3 Å². The van der Waals surface area contributed by atoms with Gasteiger partial charge in [-0.1, -0.05) is 12.1 Å². The van der Waals surface area contributed by atoms with E-state index in [0.717, 1.165) is 11.3 Å². The number of hydrogen-bond donors (Lipinski definition) is 2. The van der Waals surface area contributed by atoms with E-state index in [1.54, 1.807) is 31.2 Å². The highest BCUT2D eigenvalue weighted by Crippen LogP contribution is 2.15. The SMILES string of the molecule is CCOC(=O)c1ccc(NC(=O)c2ccnc(Nc3cccc(C)c3)n2)cc1. The van der Waals surface area contributed by atoms with E-state index in [2.05, 4.69) is 20.6 Å². The molecule has 0 radical (unpaired) electrons. The van der Waals surface area contributed by atoms with E-state index in [9.17, 15) is 9.59 Å². The number of aromatic nitrogens is 2. The van der Waals surface area contributed by atoms with E-state index in [4.69, 9.17) is 4.74 Å². The number of nitrogens with zero attached hydrogens (tertiary/aromatic N) is 2. The average molecular weight is 376 g/mol. The van der Waals surface area contributed by atoms with Gasteiger partial charge in [0.25, 0.3) is 5.91 Å². The zero-order valence-electron chi connectivity index (χ0n) is 15.6. The lowest BCUT2D eigenvalue weighted by Gasteiger charge is -2.08. The molecule has 0 aliphatic carbocycles. The lowest BCUT2D eigenvalue weighted by atomic mass is 10.2. The number of nitrogens with one attached hydrogen (secondary N) is 2. The minimum Gasteiger partial charge on any atom is -0.462 e. The van der Waals surface area contributed by atoms with Crippen LogP contribution < -0.4 is 10.6 Å². The first-order chi connectivity index (χ1) is 13.5. The Bertz CT molecular complexity index is 987. The summed E-state index contributed by atoms with van der Waals surface area (Å²) in [5, 5.41) is 5.83. The third-order valence-electron chi connectivity index (χ3n) is 3.82. The van der Waals surface area contributed by atoms with Crippen molar-refractivity contribution in [2.45, 2.75) is 13.8 Å². The topological polar surface area (TPSA) is 93.2 Å². The highest BCUT2D eigenvalue weighted by Gasteiger charge is 2.11. The van der Waals surface area contributed by atoms with Crippen molar-refractivity contribution in [2.24, 2.45) is 0 Å². The predicted octanol–water partition coefficient (Wildman–Crippen LogP) is 3.96. The van der Waals surface area contributed by atoms with Crippen molar-refractivity contribution in [3.8, 4) is 0 Å². The van der Waals surface area contributed by atoms with Crippen LogP contribution in [-0.4, -0.2) is 28.5 Å². The van der Waals surface area contributed by atoms with Gasteiger partial charge in [0.05, 0.1) is 12.2 Å². The van der Waals surface area contributed by atoms with Crippen LogP contribution in [0.15, 0.2) is 60.8 Å². The molecule has 0 saturated heterocycles. The molecule has 3 rings (SSSR count). The lowest BCUT2D eigenvalue weighted by molar-refractivity contribution is 0.0526. The standard InChI is InChI=1S/C21H20N4O3/c1-3-28-20(27)15-7-9-16(10-8-15)23-19(26)18-11-12-22-21(25-18)24-17-6-4-5-14(2)13-17/h4-13H,3H2,1-2H3,(H,23,26)(H,22,24,25). The van der Waals surface area contributed by atoms with E-state index in [1.807, 2.05) is 31.2 Å². The van der Waals surface area contributed by atoms with Crippen LogP contribution in [0, 0.1) is 6.92 Å². The highest BCUT2D eigenvalue weighted by molar-refractivity contribution is 6.03. The van der Waals surface area contributed by atoms with Crippen molar-refractivity contribution >= 4 is 29.2 Å². The summed E-state index contributed by atoms with van der Waals surface area (Å²) < 4.78 is 4.94. The Balaban J connectivity index is 1.68. The summed E-state index contributed by atoms with van der Waals surface area (Å²) in [5.74, 6) is -0.447. The summed E-state index contributed by atoms with van der Waals surface area (Å²) in [5.41, 5.74) is 3.13. The van der Waals surface area contributed by atoms with Crippen molar-refractivity contribution < 1.29 is 14.3 Å². The van der Waals surface area contributed by atoms with Crippen LogP contribution >= 0.6 is 0 Å². The molecule has 28 heavy (non-hydrogen) atoms. The number of anilines is 3. The molecule has 0 aliphatic heterocycles. The molecule has 1 heterocycles. The van der Waals surface area contributed by atoms with Crippen LogP contribution in [0.5, 0.6) is 0 Å². The van der Waals surface area contributed by atoms with E-state index < -0.39 is 5.97 Å². The van der Waals surface area contributed by atoms with Gasteiger partial charge in [-0.15, -0.1) is 0 Å². The molecule has 2 N–H and O–H groups in total. The minimum atomic E-state index is -0.400. The Morgan fingerprint density at radius 2 is 1.82 bits per heavy atom. The third kappa shape index (κ3) is 4.91.